The van der Waals surface area contributed by atoms with Gasteiger partial charge in [-0.3, -0.25) is 0 Å². The maximum atomic E-state index is 10.9. The molecule has 0 heterocycles. The molecule has 0 spiro atoms. The van der Waals surface area contributed by atoms with Gasteiger partial charge in [0.05, 0.1) is 0 Å². The second-order valence-electron chi connectivity index (χ2n) is 6.39. The number of aryl methyl sites for hydroxylation is 2. The minimum absolute atomic E-state index is 0.360. The fourth-order valence-electron chi connectivity index (χ4n) is 3.06. The number of carbonyl (C=O) groups is 1. The van der Waals surface area contributed by atoms with Crippen molar-refractivity contribution in [2.75, 3.05) is 13.2 Å². The maximum Gasteiger partial charge on any atom is 0.328 e. The molecule has 4 heteroatoms. The van der Waals surface area contributed by atoms with Crippen LogP contribution in [0.25, 0.3) is 16.8 Å². The van der Waals surface area contributed by atoms with Crippen LogP contribution < -0.4 is 9.47 Å². The van der Waals surface area contributed by atoms with Crippen molar-refractivity contribution in [3.63, 3.8) is 0 Å². The molecule has 3 aromatic rings. The lowest BCUT2D eigenvalue weighted by molar-refractivity contribution is -0.131. The summed E-state index contributed by atoms with van der Waals surface area (Å²) >= 11 is 0. The minimum Gasteiger partial charge on any atom is -0.490 e. The molecule has 0 aliphatic rings. The van der Waals surface area contributed by atoms with E-state index >= 15 is 0 Å². The molecule has 0 aliphatic carbocycles. The highest BCUT2D eigenvalue weighted by molar-refractivity contribution is 5.96. The molecule has 0 saturated carbocycles. The summed E-state index contributed by atoms with van der Waals surface area (Å²) in [4.78, 5) is 10.9. The lowest BCUT2D eigenvalue weighted by atomic mass is 10.0. The predicted molar refractivity (Wildman–Crippen MR) is 108 cm³/mol. The van der Waals surface area contributed by atoms with Crippen molar-refractivity contribution in [2.45, 2.75) is 13.8 Å². The molecular formula is C23H22O4. The van der Waals surface area contributed by atoms with Gasteiger partial charge in [0, 0.05) is 11.6 Å². The molecular weight excluding hydrogens is 340 g/mol. The van der Waals surface area contributed by atoms with Crippen molar-refractivity contribution < 1.29 is 19.4 Å². The number of carboxylic acid groups (broad SMARTS) is 1. The number of hydrogen-bond donors (Lipinski definition) is 1. The Balaban J connectivity index is 1.74. The van der Waals surface area contributed by atoms with Crippen LogP contribution in [0.5, 0.6) is 11.5 Å². The molecule has 0 amide bonds. The van der Waals surface area contributed by atoms with Crippen molar-refractivity contribution in [3.8, 4) is 11.5 Å². The quantitative estimate of drug-likeness (QED) is 0.474. The first kappa shape index (κ1) is 18.5. The Morgan fingerprint density at radius 3 is 2.41 bits per heavy atom. The standard InChI is InChI=1S/C23H22O4/c1-16-13-17(2)15-19(14-16)26-11-12-27-22-9-7-18-5-3-4-6-20(18)21(22)8-10-23(24)25/h3-10,13-15H,11-12H2,1-2H3,(H,24,25). The van der Waals surface area contributed by atoms with Crippen LogP contribution in [0.4, 0.5) is 0 Å². The summed E-state index contributed by atoms with van der Waals surface area (Å²) in [6.45, 7) is 4.83. The molecule has 3 rings (SSSR count). The summed E-state index contributed by atoms with van der Waals surface area (Å²) in [6, 6.07) is 17.7. The van der Waals surface area contributed by atoms with Gasteiger partial charge >= 0.3 is 5.97 Å². The minimum atomic E-state index is -0.993. The molecule has 3 aromatic carbocycles. The van der Waals surface area contributed by atoms with Crippen LogP contribution in [0.3, 0.4) is 0 Å². The molecule has 27 heavy (non-hydrogen) atoms. The summed E-state index contributed by atoms with van der Waals surface area (Å²) in [5.74, 6) is 0.461. The van der Waals surface area contributed by atoms with Crippen LogP contribution in [0.1, 0.15) is 16.7 Å². The zero-order valence-corrected chi connectivity index (χ0v) is 15.4. The maximum absolute atomic E-state index is 10.9. The zero-order valence-electron chi connectivity index (χ0n) is 15.4. The lowest BCUT2D eigenvalue weighted by Crippen LogP contribution is -2.10. The largest absolute Gasteiger partial charge is 0.490 e. The Morgan fingerprint density at radius 1 is 0.963 bits per heavy atom. The Hall–Kier alpha value is -3.27. The first-order valence-corrected chi connectivity index (χ1v) is 8.79. The van der Waals surface area contributed by atoms with Gasteiger partial charge in [-0.2, -0.15) is 0 Å². The fraction of sp³-hybridized carbons (Fsp3) is 0.174. The summed E-state index contributed by atoms with van der Waals surface area (Å²) in [5, 5.41) is 11.0. The summed E-state index contributed by atoms with van der Waals surface area (Å²) in [6.07, 6.45) is 2.70. The third-order valence-corrected chi connectivity index (χ3v) is 4.13. The van der Waals surface area contributed by atoms with Crippen molar-refractivity contribution in [1.82, 2.24) is 0 Å². The Labute approximate surface area is 158 Å². The van der Waals surface area contributed by atoms with Gasteiger partial charge in [0.2, 0.25) is 0 Å². The molecule has 0 saturated heterocycles. The molecule has 0 radical (unpaired) electrons. The van der Waals surface area contributed by atoms with E-state index in [0.29, 0.717) is 19.0 Å². The van der Waals surface area contributed by atoms with Crippen LogP contribution in [0.15, 0.2) is 60.7 Å². The van der Waals surface area contributed by atoms with Crippen LogP contribution in [-0.4, -0.2) is 24.3 Å². The van der Waals surface area contributed by atoms with Crippen LogP contribution >= 0.6 is 0 Å². The third-order valence-electron chi connectivity index (χ3n) is 4.13. The van der Waals surface area contributed by atoms with E-state index in [4.69, 9.17) is 14.6 Å². The predicted octanol–water partition coefficient (Wildman–Crippen LogP) is 5.01. The number of benzene rings is 3. The number of rotatable bonds is 7. The van der Waals surface area contributed by atoms with Gasteiger partial charge in [0.1, 0.15) is 24.7 Å². The Kier molecular flexibility index (Phi) is 5.77. The number of hydrogen-bond acceptors (Lipinski definition) is 3. The van der Waals surface area contributed by atoms with Gasteiger partial charge in [-0.15, -0.1) is 0 Å². The molecule has 0 aliphatic heterocycles. The number of carboxylic acids is 1. The first-order valence-electron chi connectivity index (χ1n) is 8.79. The average Bonchev–Trinajstić information content (AvgIpc) is 2.63. The molecule has 0 atom stereocenters. The Bertz CT molecular complexity index is 969. The summed E-state index contributed by atoms with van der Waals surface area (Å²) < 4.78 is 11.7. The van der Waals surface area contributed by atoms with E-state index < -0.39 is 5.97 Å². The van der Waals surface area contributed by atoms with E-state index in [1.807, 2.05) is 62.4 Å². The lowest BCUT2D eigenvalue weighted by Gasteiger charge is -2.13. The molecule has 138 valence electrons. The molecule has 0 unspecified atom stereocenters. The smallest absolute Gasteiger partial charge is 0.328 e. The fourth-order valence-corrected chi connectivity index (χ4v) is 3.06. The number of aliphatic carboxylic acids is 1. The van der Waals surface area contributed by atoms with Crippen molar-refractivity contribution in [1.29, 1.82) is 0 Å². The highest BCUT2D eigenvalue weighted by Gasteiger charge is 2.07. The highest BCUT2D eigenvalue weighted by Crippen LogP contribution is 2.29. The molecule has 0 aromatic heterocycles. The van der Waals surface area contributed by atoms with Crippen molar-refractivity contribution in [3.05, 3.63) is 77.4 Å². The monoisotopic (exact) mass is 362 g/mol. The first-order chi connectivity index (χ1) is 13.0. The Morgan fingerprint density at radius 2 is 1.67 bits per heavy atom. The van der Waals surface area contributed by atoms with E-state index in [1.165, 1.54) is 0 Å². The molecule has 4 nitrogen and oxygen atoms in total. The van der Waals surface area contributed by atoms with Crippen LogP contribution in [0.2, 0.25) is 0 Å². The highest BCUT2D eigenvalue weighted by atomic mass is 16.5. The molecule has 0 fully saturated rings. The third kappa shape index (κ3) is 4.88. The van der Waals surface area contributed by atoms with Gasteiger partial charge < -0.3 is 14.6 Å². The van der Waals surface area contributed by atoms with Gasteiger partial charge in [0.15, 0.2) is 0 Å². The van der Waals surface area contributed by atoms with E-state index in [2.05, 4.69) is 6.07 Å². The molecule has 0 bridgehead atoms. The summed E-state index contributed by atoms with van der Waals surface area (Å²) in [7, 11) is 0. The summed E-state index contributed by atoms with van der Waals surface area (Å²) in [5.41, 5.74) is 3.06. The van der Waals surface area contributed by atoms with Crippen LogP contribution in [0, 0.1) is 13.8 Å². The van der Waals surface area contributed by atoms with Crippen LogP contribution in [-0.2, 0) is 4.79 Å². The van der Waals surface area contributed by atoms with E-state index in [0.717, 1.165) is 39.3 Å². The second kappa shape index (κ2) is 8.41. The second-order valence-corrected chi connectivity index (χ2v) is 6.39. The average molecular weight is 362 g/mol. The van der Waals surface area contributed by atoms with E-state index in [9.17, 15) is 4.79 Å². The number of fused-ring (bicyclic) bond motifs is 1. The SMILES string of the molecule is Cc1cc(C)cc(OCCOc2ccc3ccccc3c2C=CC(=O)O)c1. The molecule has 1 N–H and O–H groups in total. The topological polar surface area (TPSA) is 55.8 Å². The van der Waals surface area contributed by atoms with Crippen molar-refractivity contribution in [2.24, 2.45) is 0 Å². The normalized spacial score (nSPS) is 11.0. The van der Waals surface area contributed by atoms with E-state index in [-0.39, 0.29) is 0 Å². The van der Waals surface area contributed by atoms with Gasteiger partial charge in [0.25, 0.3) is 0 Å². The van der Waals surface area contributed by atoms with Gasteiger partial charge in [-0.25, -0.2) is 4.79 Å². The number of ether oxygens (including phenoxy) is 2. The van der Waals surface area contributed by atoms with E-state index in [1.54, 1.807) is 6.08 Å². The zero-order chi connectivity index (χ0) is 19.2. The van der Waals surface area contributed by atoms with Gasteiger partial charge in [-0.1, -0.05) is 36.4 Å². The van der Waals surface area contributed by atoms with Crippen molar-refractivity contribution >= 4 is 22.8 Å². The van der Waals surface area contributed by atoms with Gasteiger partial charge in [-0.05, 0) is 60.0 Å².